The lowest BCUT2D eigenvalue weighted by Crippen LogP contribution is -2.25. The Hall–Kier alpha value is -2.10. The maximum Gasteiger partial charge on any atom is 0.0752 e. The Bertz CT molecular complexity index is 600. The molecule has 0 bridgehead atoms. The Labute approximate surface area is 119 Å². The molecule has 0 amide bonds. The Balaban J connectivity index is 2.61. The molecule has 4 nitrogen and oxygen atoms in total. The van der Waals surface area contributed by atoms with Gasteiger partial charge in [-0.1, -0.05) is 39.0 Å². The number of carboxylic acids is 1. The Morgan fingerprint density at radius 2 is 1.95 bits per heavy atom. The van der Waals surface area contributed by atoms with E-state index in [9.17, 15) is 9.90 Å². The van der Waals surface area contributed by atoms with Crippen LogP contribution in [-0.2, 0) is 12.8 Å². The predicted molar refractivity (Wildman–Crippen MR) is 75.8 cm³/mol. The first-order valence-corrected chi connectivity index (χ1v) is 6.92. The van der Waals surface area contributed by atoms with Gasteiger partial charge in [-0.25, -0.2) is 4.68 Å². The fourth-order valence-corrected chi connectivity index (χ4v) is 2.38. The smallest absolute Gasteiger partial charge is 0.0752 e. The van der Waals surface area contributed by atoms with Gasteiger partial charge in [-0.2, -0.15) is 5.10 Å². The van der Waals surface area contributed by atoms with Crippen molar-refractivity contribution >= 4 is 5.97 Å². The first-order chi connectivity index (χ1) is 9.54. The molecular formula is C16H19N2O2-. The van der Waals surface area contributed by atoms with Gasteiger partial charge < -0.3 is 9.90 Å². The molecular weight excluding hydrogens is 252 g/mol. The number of carbonyl (C=O) groups is 1. The number of carboxylic acid groups (broad SMARTS) is 1. The van der Waals surface area contributed by atoms with Gasteiger partial charge in [0.15, 0.2) is 0 Å². The zero-order valence-electron chi connectivity index (χ0n) is 12.1. The molecule has 0 spiro atoms. The highest BCUT2D eigenvalue weighted by atomic mass is 16.4. The lowest BCUT2D eigenvalue weighted by molar-refractivity contribution is -0.255. The van der Waals surface area contributed by atoms with Crippen LogP contribution < -0.4 is 5.11 Å². The average molecular weight is 271 g/mol. The number of hydrogen-bond acceptors (Lipinski definition) is 3. The Morgan fingerprint density at radius 3 is 2.45 bits per heavy atom. The van der Waals surface area contributed by atoms with Crippen molar-refractivity contribution in [2.75, 3.05) is 0 Å². The average Bonchev–Trinajstić information content (AvgIpc) is 2.77. The van der Waals surface area contributed by atoms with Gasteiger partial charge in [0.1, 0.15) is 0 Å². The van der Waals surface area contributed by atoms with Crippen LogP contribution >= 0.6 is 0 Å². The molecule has 2 rings (SSSR count). The summed E-state index contributed by atoms with van der Waals surface area (Å²) < 4.78 is 1.73. The van der Waals surface area contributed by atoms with E-state index in [4.69, 9.17) is 0 Å². The van der Waals surface area contributed by atoms with Gasteiger partial charge in [-0.05, 0) is 30.9 Å². The number of rotatable bonds is 5. The Morgan fingerprint density at radius 1 is 1.30 bits per heavy atom. The minimum absolute atomic E-state index is 0.255. The molecule has 0 aliphatic heterocycles. The molecule has 2 aromatic rings. The Kier molecular flexibility index (Phi) is 4.23. The second kappa shape index (κ2) is 5.90. The SMILES string of the molecule is CCc1c(C(=O)[O-])c(CC(C)C)nn1-c1ccccc1. The highest BCUT2D eigenvalue weighted by Gasteiger charge is 2.19. The highest BCUT2D eigenvalue weighted by Crippen LogP contribution is 2.21. The number of hydrogen-bond donors (Lipinski definition) is 0. The van der Waals surface area contributed by atoms with Crippen LogP contribution in [0.5, 0.6) is 0 Å². The van der Waals surface area contributed by atoms with Gasteiger partial charge in [0, 0.05) is 5.56 Å². The number of para-hydroxylation sites is 1. The minimum atomic E-state index is -1.14. The molecule has 0 unspecified atom stereocenters. The van der Waals surface area contributed by atoms with Crippen LogP contribution in [0.25, 0.3) is 5.69 Å². The first kappa shape index (κ1) is 14.3. The summed E-state index contributed by atoms with van der Waals surface area (Å²) >= 11 is 0. The van der Waals surface area contributed by atoms with Crippen molar-refractivity contribution in [1.82, 2.24) is 9.78 Å². The summed E-state index contributed by atoms with van der Waals surface area (Å²) in [6.07, 6.45) is 1.24. The summed E-state index contributed by atoms with van der Waals surface area (Å²) in [4.78, 5) is 11.5. The van der Waals surface area contributed by atoms with Crippen molar-refractivity contribution in [2.45, 2.75) is 33.6 Å². The van der Waals surface area contributed by atoms with E-state index >= 15 is 0 Å². The van der Waals surface area contributed by atoms with E-state index in [-0.39, 0.29) is 5.56 Å². The van der Waals surface area contributed by atoms with Crippen LogP contribution in [0, 0.1) is 5.92 Å². The van der Waals surface area contributed by atoms with Crippen molar-refractivity contribution in [1.29, 1.82) is 0 Å². The molecule has 0 saturated heterocycles. The molecule has 0 radical (unpaired) electrons. The molecule has 106 valence electrons. The predicted octanol–water partition coefficient (Wildman–Crippen LogP) is 2.00. The quantitative estimate of drug-likeness (QED) is 0.835. The van der Waals surface area contributed by atoms with E-state index in [1.54, 1.807) is 4.68 Å². The minimum Gasteiger partial charge on any atom is -0.545 e. The summed E-state index contributed by atoms with van der Waals surface area (Å²) in [5.41, 5.74) is 2.44. The summed E-state index contributed by atoms with van der Waals surface area (Å²) in [7, 11) is 0. The molecule has 1 aromatic heterocycles. The molecule has 0 saturated carbocycles. The lowest BCUT2D eigenvalue weighted by Gasteiger charge is -2.08. The molecule has 1 aromatic carbocycles. The van der Waals surface area contributed by atoms with E-state index in [0.717, 1.165) is 5.69 Å². The maximum atomic E-state index is 11.5. The van der Waals surface area contributed by atoms with Gasteiger partial charge in [-0.3, -0.25) is 0 Å². The van der Waals surface area contributed by atoms with Gasteiger partial charge in [-0.15, -0.1) is 0 Å². The molecule has 1 heterocycles. The van der Waals surface area contributed by atoms with Crippen LogP contribution in [0.15, 0.2) is 30.3 Å². The normalized spacial score (nSPS) is 11.0. The summed E-state index contributed by atoms with van der Waals surface area (Å²) in [5, 5.41) is 16.0. The van der Waals surface area contributed by atoms with E-state index in [1.165, 1.54) is 0 Å². The maximum absolute atomic E-state index is 11.5. The number of carbonyl (C=O) groups excluding carboxylic acids is 1. The van der Waals surface area contributed by atoms with Crippen molar-refractivity contribution in [2.24, 2.45) is 5.92 Å². The molecule has 0 aliphatic rings. The zero-order valence-corrected chi connectivity index (χ0v) is 12.1. The second-order valence-electron chi connectivity index (χ2n) is 5.25. The van der Waals surface area contributed by atoms with E-state index in [2.05, 4.69) is 5.10 Å². The molecule has 0 fully saturated rings. The molecule has 20 heavy (non-hydrogen) atoms. The fourth-order valence-electron chi connectivity index (χ4n) is 2.38. The summed E-state index contributed by atoms with van der Waals surface area (Å²) in [5.74, 6) is -0.795. The number of aromatic carboxylic acids is 1. The largest absolute Gasteiger partial charge is 0.545 e. The highest BCUT2D eigenvalue weighted by molar-refractivity contribution is 5.89. The van der Waals surface area contributed by atoms with Gasteiger partial charge >= 0.3 is 0 Å². The van der Waals surface area contributed by atoms with Crippen molar-refractivity contribution < 1.29 is 9.90 Å². The van der Waals surface area contributed by atoms with Crippen molar-refractivity contribution in [3.8, 4) is 5.69 Å². The standard InChI is InChI=1S/C16H20N2O2/c1-4-14-15(16(19)20)13(10-11(2)3)17-18(14)12-8-6-5-7-9-12/h5-9,11H,4,10H2,1-3H3,(H,19,20)/p-1. The lowest BCUT2D eigenvalue weighted by atomic mass is 10.0. The molecule has 4 heteroatoms. The third-order valence-corrected chi connectivity index (χ3v) is 3.19. The molecule has 0 atom stereocenters. The van der Waals surface area contributed by atoms with Crippen LogP contribution in [0.3, 0.4) is 0 Å². The van der Waals surface area contributed by atoms with Gasteiger partial charge in [0.05, 0.1) is 23.0 Å². The monoisotopic (exact) mass is 271 g/mol. The van der Waals surface area contributed by atoms with E-state index < -0.39 is 5.97 Å². The first-order valence-electron chi connectivity index (χ1n) is 6.92. The van der Waals surface area contributed by atoms with Crippen LogP contribution in [0.2, 0.25) is 0 Å². The fraction of sp³-hybridized carbons (Fsp3) is 0.375. The van der Waals surface area contributed by atoms with Crippen LogP contribution in [0.1, 0.15) is 42.5 Å². The number of benzene rings is 1. The second-order valence-corrected chi connectivity index (χ2v) is 5.25. The zero-order chi connectivity index (χ0) is 14.7. The number of aromatic nitrogens is 2. The van der Waals surface area contributed by atoms with Crippen molar-refractivity contribution in [3.63, 3.8) is 0 Å². The van der Waals surface area contributed by atoms with Gasteiger partial charge in [0.25, 0.3) is 0 Å². The van der Waals surface area contributed by atoms with Crippen molar-refractivity contribution in [3.05, 3.63) is 47.3 Å². The van der Waals surface area contributed by atoms with Crippen LogP contribution in [-0.4, -0.2) is 15.7 Å². The molecule has 0 aliphatic carbocycles. The summed E-state index contributed by atoms with van der Waals surface area (Å²) in [6.45, 7) is 6.03. The van der Waals surface area contributed by atoms with E-state index in [0.29, 0.717) is 30.1 Å². The topological polar surface area (TPSA) is 57.9 Å². The van der Waals surface area contributed by atoms with Crippen LogP contribution in [0.4, 0.5) is 0 Å². The third kappa shape index (κ3) is 2.74. The van der Waals surface area contributed by atoms with E-state index in [1.807, 2.05) is 51.1 Å². The summed E-state index contributed by atoms with van der Waals surface area (Å²) in [6, 6.07) is 9.59. The van der Waals surface area contributed by atoms with Gasteiger partial charge in [0.2, 0.25) is 0 Å². The number of nitrogens with zero attached hydrogens (tertiary/aromatic N) is 2. The third-order valence-electron chi connectivity index (χ3n) is 3.19. The molecule has 0 N–H and O–H groups in total.